The first kappa shape index (κ1) is 23.6. The Balaban J connectivity index is 2.48. The lowest BCUT2D eigenvalue weighted by Crippen LogP contribution is -2.50. The van der Waals surface area contributed by atoms with Gasteiger partial charge < -0.3 is 5.32 Å². The summed E-state index contributed by atoms with van der Waals surface area (Å²) in [6.45, 7) is 9.29. The number of benzene rings is 1. The average molecular weight is 413 g/mol. The molecular weight excluding hydrogens is 384 g/mol. The zero-order valence-corrected chi connectivity index (χ0v) is 17.6. The smallest absolute Gasteiger partial charge is 0.327 e. The van der Waals surface area contributed by atoms with Crippen LogP contribution in [0.15, 0.2) is 29.2 Å². The number of rotatable bonds is 6. The van der Waals surface area contributed by atoms with Crippen molar-refractivity contribution in [1.29, 1.82) is 0 Å². The van der Waals surface area contributed by atoms with Crippen molar-refractivity contribution < 1.29 is 22.8 Å². The minimum absolute atomic E-state index is 0.0929. The normalized spacial score (nSPS) is 11.8. The van der Waals surface area contributed by atoms with Gasteiger partial charge in [0.15, 0.2) is 0 Å². The Bertz CT molecular complexity index is 811. The summed E-state index contributed by atoms with van der Waals surface area (Å²) < 4.78 is 26.9. The summed E-state index contributed by atoms with van der Waals surface area (Å²) in [7, 11) is -3.76. The molecule has 4 N–H and O–H groups in total. The van der Waals surface area contributed by atoms with E-state index >= 15 is 0 Å². The minimum Gasteiger partial charge on any atom is -0.346 e. The molecule has 10 heteroatoms. The number of hydrazine groups is 1. The molecule has 1 rings (SSSR count). The van der Waals surface area contributed by atoms with Crippen LogP contribution in [-0.2, 0) is 29.8 Å². The van der Waals surface area contributed by atoms with E-state index in [1.165, 1.54) is 12.1 Å². The Morgan fingerprint density at radius 2 is 1.54 bits per heavy atom. The monoisotopic (exact) mass is 412 g/mol. The molecule has 0 heterocycles. The van der Waals surface area contributed by atoms with Crippen LogP contribution in [0.25, 0.3) is 0 Å². The van der Waals surface area contributed by atoms with Gasteiger partial charge in [0.05, 0.1) is 4.90 Å². The fraction of sp³-hybridized carbons (Fsp3) is 0.500. The molecule has 0 unspecified atom stereocenters. The molecule has 0 aliphatic rings. The van der Waals surface area contributed by atoms with Crippen LogP contribution in [0, 0.1) is 0 Å². The molecule has 1 aromatic rings. The number of nitrogens with one attached hydrogen (secondary N) is 4. The van der Waals surface area contributed by atoms with E-state index in [-0.39, 0.29) is 29.3 Å². The Labute approximate surface area is 165 Å². The molecule has 0 aliphatic heterocycles. The highest BCUT2D eigenvalue weighted by atomic mass is 32.2. The minimum atomic E-state index is -3.76. The molecule has 0 bridgehead atoms. The molecule has 0 saturated heterocycles. The van der Waals surface area contributed by atoms with Crippen molar-refractivity contribution in [1.82, 2.24) is 20.9 Å². The van der Waals surface area contributed by atoms with Crippen LogP contribution in [0.5, 0.6) is 0 Å². The standard InChI is InChI=1S/C18H28N4O5S/c1-12(2)20-16(24)17(25)22-21-15(23)10-11-19-28(26,27)14-8-6-13(7-9-14)18(3,4)5/h6-9,12,19H,10-11H2,1-5H3,(H,20,24)(H,21,23)(H,22,25). The van der Waals surface area contributed by atoms with Gasteiger partial charge in [-0.15, -0.1) is 0 Å². The first-order chi connectivity index (χ1) is 12.8. The van der Waals surface area contributed by atoms with Gasteiger partial charge in [-0.1, -0.05) is 32.9 Å². The van der Waals surface area contributed by atoms with Crippen molar-refractivity contribution in [3.8, 4) is 0 Å². The number of amides is 3. The van der Waals surface area contributed by atoms with E-state index in [1.54, 1.807) is 26.0 Å². The number of hydrogen-bond donors (Lipinski definition) is 4. The zero-order chi connectivity index (χ0) is 21.5. The number of carbonyl (C=O) groups excluding carboxylic acids is 3. The van der Waals surface area contributed by atoms with Gasteiger partial charge in [-0.25, -0.2) is 13.1 Å². The van der Waals surface area contributed by atoms with Crippen LogP contribution >= 0.6 is 0 Å². The third-order valence-electron chi connectivity index (χ3n) is 3.62. The lowest BCUT2D eigenvalue weighted by Gasteiger charge is -2.19. The van der Waals surface area contributed by atoms with Crippen molar-refractivity contribution in [3.63, 3.8) is 0 Å². The summed E-state index contributed by atoms with van der Waals surface area (Å²) in [6.07, 6.45) is -0.217. The molecule has 3 amide bonds. The fourth-order valence-electron chi connectivity index (χ4n) is 2.09. The second-order valence-electron chi connectivity index (χ2n) is 7.55. The molecule has 156 valence electrons. The van der Waals surface area contributed by atoms with Gasteiger partial charge in [0, 0.05) is 19.0 Å². The Morgan fingerprint density at radius 1 is 0.964 bits per heavy atom. The van der Waals surface area contributed by atoms with Crippen LogP contribution in [0.3, 0.4) is 0 Å². The first-order valence-corrected chi connectivity index (χ1v) is 10.3. The first-order valence-electron chi connectivity index (χ1n) is 8.83. The molecule has 0 radical (unpaired) electrons. The van der Waals surface area contributed by atoms with Gasteiger partial charge in [0.2, 0.25) is 15.9 Å². The van der Waals surface area contributed by atoms with Crippen molar-refractivity contribution >= 4 is 27.7 Å². The number of carbonyl (C=O) groups is 3. The van der Waals surface area contributed by atoms with Gasteiger partial charge in [-0.3, -0.25) is 25.2 Å². The third kappa shape index (κ3) is 7.65. The third-order valence-corrected chi connectivity index (χ3v) is 5.09. The maximum atomic E-state index is 12.3. The van der Waals surface area contributed by atoms with Gasteiger partial charge in [0.25, 0.3) is 0 Å². The lowest BCUT2D eigenvalue weighted by atomic mass is 9.87. The van der Waals surface area contributed by atoms with Crippen LogP contribution in [0.2, 0.25) is 0 Å². The predicted octanol–water partition coefficient (Wildman–Crippen LogP) is 0.325. The van der Waals surface area contributed by atoms with Gasteiger partial charge >= 0.3 is 11.8 Å². The van der Waals surface area contributed by atoms with Gasteiger partial charge in [0.1, 0.15) is 0 Å². The van der Waals surface area contributed by atoms with E-state index in [9.17, 15) is 22.8 Å². The Morgan fingerprint density at radius 3 is 2.04 bits per heavy atom. The van der Waals surface area contributed by atoms with E-state index in [0.717, 1.165) is 5.56 Å². The highest BCUT2D eigenvalue weighted by Gasteiger charge is 2.18. The number of hydrogen-bond acceptors (Lipinski definition) is 5. The van der Waals surface area contributed by atoms with Crippen LogP contribution in [-0.4, -0.2) is 38.7 Å². The SMILES string of the molecule is CC(C)NC(=O)C(=O)NNC(=O)CCNS(=O)(=O)c1ccc(C(C)(C)C)cc1. The molecule has 1 aromatic carbocycles. The number of sulfonamides is 1. The summed E-state index contributed by atoms with van der Waals surface area (Å²) in [6, 6.07) is 6.30. The quantitative estimate of drug-likeness (QED) is 0.395. The fourth-order valence-corrected chi connectivity index (χ4v) is 3.12. The molecule has 0 saturated carbocycles. The van der Waals surface area contributed by atoms with Gasteiger partial charge in [-0.05, 0) is 37.0 Å². The summed E-state index contributed by atoms with van der Waals surface area (Å²) in [4.78, 5) is 34.6. The molecule has 9 nitrogen and oxygen atoms in total. The molecular formula is C18H28N4O5S. The topological polar surface area (TPSA) is 133 Å². The second kappa shape index (κ2) is 9.65. The summed E-state index contributed by atoms with van der Waals surface area (Å²) in [5, 5.41) is 2.37. The van der Waals surface area contributed by atoms with Crippen LogP contribution < -0.4 is 20.9 Å². The average Bonchev–Trinajstić information content (AvgIpc) is 2.58. The summed E-state index contributed by atoms with van der Waals surface area (Å²) in [5.74, 6) is -2.53. The van der Waals surface area contributed by atoms with E-state index < -0.39 is 27.7 Å². The van der Waals surface area contributed by atoms with E-state index in [0.29, 0.717) is 0 Å². The molecule has 0 aromatic heterocycles. The van der Waals surface area contributed by atoms with E-state index in [4.69, 9.17) is 0 Å². The van der Waals surface area contributed by atoms with Crippen molar-refractivity contribution in [2.24, 2.45) is 0 Å². The van der Waals surface area contributed by atoms with Crippen molar-refractivity contribution in [2.45, 2.75) is 57.4 Å². The Hall–Kier alpha value is -2.46. The highest BCUT2D eigenvalue weighted by molar-refractivity contribution is 7.89. The van der Waals surface area contributed by atoms with Crippen LogP contribution in [0.4, 0.5) is 0 Å². The van der Waals surface area contributed by atoms with Crippen molar-refractivity contribution in [2.75, 3.05) is 6.54 Å². The van der Waals surface area contributed by atoms with E-state index in [2.05, 4.69) is 15.5 Å². The highest BCUT2D eigenvalue weighted by Crippen LogP contribution is 2.23. The maximum absolute atomic E-state index is 12.3. The van der Waals surface area contributed by atoms with E-state index in [1.807, 2.05) is 26.2 Å². The van der Waals surface area contributed by atoms with Gasteiger partial charge in [-0.2, -0.15) is 0 Å². The Kier molecular flexibility index (Phi) is 8.13. The van der Waals surface area contributed by atoms with Crippen LogP contribution in [0.1, 0.15) is 46.6 Å². The molecule has 0 fully saturated rings. The van der Waals surface area contributed by atoms with Crippen molar-refractivity contribution in [3.05, 3.63) is 29.8 Å². The molecule has 0 spiro atoms. The zero-order valence-electron chi connectivity index (χ0n) is 16.8. The molecule has 0 atom stereocenters. The lowest BCUT2D eigenvalue weighted by molar-refractivity contribution is -0.141. The predicted molar refractivity (Wildman–Crippen MR) is 105 cm³/mol. The summed E-state index contributed by atoms with van der Waals surface area (Å²) in [5.41, 5.74) is 4.92. The molecule has 28 heavy (non-hydrogen) atoms. The second-order valence-corrected chi connectivity index (χ2v) is 9.32. The maximum Gasteiger partial charge on any atom is 0.327 e. The summed E-state index contributed by atoms with van der Waals surface area (Å²) >= 11 is 0. The largest absolute Gasteiger partial charge is 0.346 e. The molecule has 0 aliphatic carbocycles.